The van der Waals surface area contributed by atoms with Crippen molar-refractivity contribution in [3.63, 3.8) is 0 Å². The fourth-order valence-corrected chi connectivity index (χ4v) is 2.04. The Morgan fingerprint density at radius 1 is 1.16 bits per heavy atom. The van der Waals surface area contributed by atoms with E-state index >= 15 is 0 Å². The summed E-state index contributed by atoms with van der Waals surface area (Å²) in [6, 6.07) is 13.7. The predicted octanol–water partition coefficient (Wildman–Crippen LogP) is 3.42. The molecule has 0 aliphatic heterocycles. The maximum absolute atomic E-state index is 13.6. The largest absolute Gasteiger partial charge is 0.480 e. The fraction of sp³-hybridized carbons (Fsp3) is 0.133. The number of halogens is 1. The Balaban J connectivity index is 2.19. The van der Waals surface area contributed by atoms with Gasteiger partial charge in [-0.3, -0.25) is 4.79 Å². The molecule has 0 saturated heterocycles. The highest BCUT2D eigenvalue weighted by Gasteiger charge is 2.12. The summed E-state index contributed by atoms with van der Waals surface area (Å²) in [7, 11) is 0. The van der Waals surface area contributed by atoms with Crippen LogP contribution in [0.25, 0.3) is 11.1 Å². The van der Waals surface area contributed by atoms with Crippen LogP contribution in [0.2, 0.25) is 0 Å². The number of carboxylic acid groups (broad SMARTS) is 1. The van der Waals surface area contributed by atoms with Gasteiger partial charge >= 0.3 is 5.97 Å². The number of carbonyl (C=O) groups is 1. The Hall–Kier alpha value is -1.81. The van der Waals surface area contributed by atoms with Gasteiger partial charge in [-0.2, -0.15) is 12.6 Å². The number of hydrogen-bond acceptors (Lipinski definition) is 2. The van der Waals surface area contributed by atoms with E-state index in [1.165, 1.54) is 6.07 Å². The molecule has 0 spiro atoms. The first-order chi connectivity index (χ1) is 9.08. The Bertz CT molecular complexity index is 581. The number of hydrogen-bond donors (Lipinski definition) is 2. The van der Waals surface area contributed by atoms with Crippen LogP contribution in [0.3, 0.4) is 0 Å². The van der Waals surface area contributed by atoms with Crippen molar-refractivity contribution in [3.05, 3.63) is 59.9 Å². The third-order valence-corrected chi connectivity index (χ3v) is 3.26. The first kappa shape index (κ1) is 13.6. The van der Waals surface area contributed by atoms with Gasteiger partial charge in [0.05, 0.1) is 0 Å². The molecule has 2 rings (SSSR count). The van der Waals surface area contributed by atoms with E-state index in [4.69, 9.17) is 5.11 Å². The Kier molecular flexibility index (Phi) is 4.22. The summed E-state index contributed by atoms with van der Waals surface area (Å²) in [5.74, 6) is -1.21. The van der Waals surface area contributed by atoms with E-state index in [0.29, 0.717) is 12.0 Å². The van der Waals surface area contributed by atoms with Crippen LogP contribution >= 0.6 is 12.6 Å². The lowest BCUT2D eigenvalue weighted by Gasteiger charge is -2.07. The maximum Gasteiger partial charge on any atom is 0.316 e. The van der Waals surface area contributed by atoms with E-state index in [0.717, 1.165) is 11.1 Å². The second-order valence-electron chi connectivity index (χ2n) is 4.23. The Labute approximate surface area is 116 Å². The molecule has 1 N–H and O–H groups in total. The standard InChI is InChI=1S/C15H13FO2S/c16-13-4-2-1-3-12(13)11-7-5-10(6-8-11)9-14(19)15(17)18/h1-8,14,19H,9H2,(H,17,18). The van der Waals surface area contributed by atoms with Gasteiger partial charge in [-0.15, -0.1) is 0 Å². The molecule has 2 nitrogen and oxygen atoms in total. The van der Waals surface area contributed by atoms with Crippen molar-refractivity contribution >= 4 is 18.6 Å². The molecule has 98 valence electrons. The molecular formula is C15H13FO2S. The molecule has 0 fully saturated rings. The molecule has 0 bridgehead atoms. The summed E-state index contributed by atoms with van der Waals surface area (Å²) < 4.78 is 13.6. The average Bonchev–Trinajstić information content (AvgIpc) is 2.40. The van der Waals surface area contributed by atoms with Gasteiger partial charge in [0.25, 0.3) is 0 Å². The number of rotatable bonds is 4. The fourth-order valence-electron chi connectivity index (χ4n) is 1.83. The molecule has 0 heterocycles. The van der Waals surface area contributed by atoms with Gasteiger partial charge < -0.3 is 5.11 Å². The molecule has 2 aromatic rings. The van der Waals surface area contributed by atoms with Crippen LogP contribution in [-0.2, 0) is 11.2 Å². The minimum atomic E-state index is -0.943. The summed E-state index contributed by atoms with van der Waals surface area (Å²) in [6.07, 6.45) is 0.343. The first-order valence-corrected chi connectivity index (χ1v) is 6.34. The summed E-state index contributed by atoms with van der Waals surface area (Å²) in [5.41, 5.74) is 2.17. The SMILES string of the molecule is O=C(O)C(S)Cc1ccc(-c2ccccc2F)cc1. The molecule has 4 heteroatoms. The maximum atomic E-state index is 13.6. The molecular weight excluding hydrogens is 263 g/mol. The monoisotopic (exact) mass is 276 g/mol. The van der Waals surface area contributed by atoms with Gasteiger partial charge in [-0.25, -0.2) is 4.39 Å². The molecule has 19 heavy (non-hydrogen) atoms. The van der Waals surface area contributed by atoms with Crippen molar-refractivity contribution in [2.45, 2.75) is 11.7 Å². The van der Waals surface area contributed by atoms with Gasteiger partial charge in [0.15, 0.2) is 0 Å². The van der Waals surface area contributed by atoms with Crippen LogP contribution < -0.4 is 0 Å². The lowest BCUT2D eigenvalue weighted by molar-refractivity contribution is -0.136. The van der Waals surface area contributed by atoms with Crippen molar-refractivity contribution in [2.24, 2.45) is 0 Å². The van der Waals surface area contributed by atoms with Crippen molar-refractivity contribution in [2.75, 3.05) is 0 Å². The molecule has 0 saturated carbocycles. The molecule has 0 aliphatic carbocycles. The van der Waals surface area contributed by atoms with E-state index in [1.54, 1.807) is 42.5 Å². The van der Waals surface area contributed by atoms with Crippen molar-refractivity contribution in [3.8, 4) is 11.1 Å². The summed E-state index contributed by atoms with van der Waals surface area (Å²) in [5, 5.41) is 8.06. The van der Waals surface area contributed by atoms with Crippen molar-refractivity contribution in [1.82, 2.24) is 0 Å². The molecule has 0 radical (unpaired) electrons. The minimum absolute atomic E-state index is 0.271. The van der Waals surface area contributed by atoms with Crippen LogP contribution in [0.4, 0.5) is 4.39 Å². The van der Waals surface area contributed by atoms with Gasteiger partial charge in [-0.1, -0.05) is 42.5 Å². The van der Waals surface area contributed by atoms with Crippen LogP contribution in [-0.4, -0.2) is 16.3 Å². The number of benzene rings is 2. The smallest absolute Gasteiger partial charge is 0.316 e. The molecule has 0 aliphatic rings. The summed E-state index contributed by atoms with van der Waals surface area (Å²) in [4.78, 5) is 10.7. The van der Waals surface area contributed by atoms with Gasteiger partial charge in [0, 0.05) is 5.56 Å². The third-order valence-electron chi connectivity index (χ3n) is 2.85. The molecule has 0 aromatic heterocycles. The summed E-state index contributed by atoms with van der Waals surface area (Å²) in [6.45, 7) is 0. The van der Waals surface area contributed by atoms with Crippen molar-refractivity contribution in [1.29, 1.82) is 0 Å². The zero-order valence-electron chi connectivity index (χ0n) is 10.1. The summed E-state index contributed by atoms with van der Waals surface area (Å²) >= 11 is 3.99. The van der Waals surface area contributed by atoms with E-state index in [1.807, 2.05) is 0 Å². The number of carboxylic acids is 1. The Morgan fingerprint density at radius 3 is 2.37 bits per heavy atom. The quantitative estimate of drug-likeness (QED) is 0.840. The zero-order chi connectivity index (χ0) is 13.8. The van der Waals surface area contributed by atoms with E-state index in [2.05, 4.69) is 12.6 Å². The highest BCUT2D eigenvalue weighted by molar-refractivity contribution is 7.81. The van der Waals surface area contributed by atoms with Gasteiger partial charge in [0.1, 0.15) is 11.1 Å². The van der Waals surface area contributed by atoms with Crippen LogP contribution in [0, 0.1) is 5.82 Å². The molecule has 2 aromatic carbocycles. The van der Waals surface area contributed by atoms with E-state index in [9.17, 15) is 9.18 Å². The second-order valence-corrected chi connectivity index (χ2v) is 4.86. The third kappa shape index (κ3) is 3.35. The minimum Gasteiger partial charge on any atom is -0.480 e. The number of thiol groups is 1. The highest BCUT2D eigenvalue weighted by atomic mass is 32.1. The average molecular weight is 276 g/mol. The highest BCUT2D eigenvalue weighted by Crippen LogP contribution is 2.23. The normalized spacial score (nSPS) is 12.1. The lowest BCUT2D eigenvalue weighted by Crippen LogP contribution is -2.15. The van der Waals surface area contributed by atoms with Crippen molar-refractivity contribution < 1.29 is 14.3 Å². The zero-order valence-corrected chi connectivity index (χ0v) is 11.0. The van der Waals surface area contributed by atoms with Gasteiger partial charge in [-0.05, 0) is 23.6 Å². The lowest BCUT2D eigenvalue weighted by atomic mass is 10.0. The molecule has 0 amide bonds. The first-order valence-electron chi connectivity index (χ1n) is 5.82. The topological polar surface area (TPSA) is 37.3 Å². The number of aliphatic carboxylic acids is 1. The molecule has 1 unspecified atom stereocenters. The van der Waals surface area contributed by atoms with E-state index < -0.39 is 11.2 Å². The van der Waals surface area contributed by atoms with Crippen LogP contribution in [0.5, 0.6) is 0 Å². The van der Waals surface area contributed by atoms with E-state index in [-0.39, 0.29) is 5.82 Å². The van der Waals surface area contributed by atoms with Gasteiger partial charge in [0.2, 0.25) is 0 Å². The predicted molar refractivity (Wildman–Crippen MR) is 75.9 cm³/mol. The Morgan fingerprint density at radius 2 is 1.79 bits per heavy atom. The van der Waals surface area contributed by atoms with Crippen LogP contribution in [0.15, 0.2) is 48.5 Å². The second kappa shape index (κ2) is 5.89. The van der Waals surface area contributed by atoms with Crippen LogP contribution in [0.1, 0.15) is 5.56 Å². The molecule has 1 atom stereocenters.